The third-order valence-corrected chi connectivity index (χ3v) is 4.06. The average Bonchev–Trinajstić information content (AvgIpc) is 2.51. The molecular formula is C17H10BrClO2. The number of rotatable bonds is 2. The second-order valence-electron chi connectivity index (χ2n) is 4.49. The summed E-state index contributed by atoms with van der Waals surface area (Å²) in [6.45, 7) is 0. The van der Waals surface area contributed by atoms with E-state index in [0.29, 0.717) is 16.3 Å². The van der Waals surface area contributed by atoms with Crippen LogP contribution in [0.4, 0.5) is 0 Å². The largest absolute Gasteiger partial charge is 0.422 e. The molecule has 0 radical (unpaired) electrons. The van der Waals surface area contributed by atoms with Gasteiger partial charge in [0.05, 0.1) is 5.56 Å². The first-order valence-electron chi connectivity index (χ1n) is 6.30. The van der Waals surface area contributed by atoms with E-state index in [-0.39, 0.29) is 0 Å². The summed E-state index contributed by atoms with van der Waals surface area (Å²) in [4.78, 5) is 12.2. The molecule has 0 heterocycles. The van der Waals surface area contributed by atoms with Crippen molar-refractivity contribution in [3.8, 4) is 5.75 Å². The lowest BCUT2D eigenvalue weighted by Crippen LogP contribution is -2.08. The van der Waals surface area contributed by atoms with Crippen LogP contribution in [0.2, 0.25) is 5.02 Å². The number of hydrogen-bond donors (Lipinski definition) is 0. The molecule has 0 bridgehead atoms. The van der Waals surface area contributed by atoms with Crippen LogP contribution >= 0.6 is 27.5 Å². The predicted molar refractivity (Wildman–Crippen MR) is 88.1 cm³/mol. The maximum absolute atomic E-state index is 12.2. The molecule has 0 aliphatic heterocycles. The van der Waals surface area contributed by atoms with Crippen LogP contribution in [0, 0.1) is 0 Å². The van der Waals surface area contributed by atoms with Crippen LogP contribution in [-0.2, 0) is 0 Å². The van der Waals surface area contributed by atoms with E-state index in [4.69, 9.17) is 16.3 Å². The molecule has 0 aromatic heterocycles. The van der Waals surface area contributed by atoms with Crippen molar-refractivity contribution in [3.05, 3.63) is 75.7 Å². The third-order valence-electron chi connectivity index (χ3n) is 3.11. The summed E-state index contributed by atoms with van der Waals surface area (Å²) in [5, 5.41) is 2.47. The Morgan fingerprint density at radius 1 is 0.905 bits per heavy atom. The molecular weight excluding hydrogens is 352 g/mol. The van der Waals surface area contributed by atoms with Gasteiger partial charge in [0.25, 0.3) is 0 Å². The van der Waals surface area contributed by atoms with Crippen LogP contribution in [0.5, 0.6) is 5.75 Å². The zero-order valence-corrected chi connectivity index (χ0v) is 13.2. The molecule has 0 fully saturated rings. The molecule has 0 amide bonds. The molecule has 2 nitrogen and oxygen atoms in total. The highest BCUT2D eigenvalue weighted by Gasteiger charge is 2.11. The lowest BCUT2D eigenvalue weighted by Gasteiger charge is -2.09. The Balaban J connectivity index is 1.97. The lowest BCUT2D eigenvalue weighted by molar-refractivity contribution is 0.0737. The summed E-state index contributed by atoms with van der Waals surface area (Å²) in [6.07, 6.45) is 0. The molecule has 21 heavy (non-hydrogen) atoms. The Bertz CT molecular complexity index is 813. The van der Waals surface area contributed by atoms with Crippen molar-refractivity contribution in [2.75, 3.05) is 0 Å². The lowest BCUT2D eigenvalue weighted by atomic mass is 10.1. The second kappa shape index (κ2) is 5.88. The highest BCUT2D eigenvalue weighted by Crippen LogP contribution is 2.31. The first kappa shape index (κ1) is 14.1. The highest BCUT2D eigenvalue weighted by molar-refractivity contribution is 9.10. The van der Waals surface area contributed by atoms with Crippen LogP contribution in [0.15, 0.2) is 65.1 Å². The minimum Gasteiger partial charge on any atom is -0.422 e. The van der Waals surface area contributed by atoms with Gasteiger partial charge in [-0.2, -0.15) is 0 Å². The van der Waals surface area contributed by atoms with Gasteiger partial charge in [0, 0.05) is 14.9 Å². The molecule has 3 aromatic carbocycles. The maximum atomic E-state index is 12.2. The van der Waals surface area contributed by atoms with Gasteiger partial charge in [-0.25, -0.2) is 4.79 Å². The molecule has 0 aliphatic rings. The van der Waals surface area contributed by atoms with Gasteiger partial charge < -0.3 is 4.74 Å². The van der Waals surface area contributed by atoms with Crippen LogP contribution < -0.4 is 4.74 Å². The summed E-state index contributed by atoms with van der Waals surface area (Å²) in [5.74, 6) is 0.132. The van der Waals surface area contributed by atoms with E-state index in [1.807, 2.05) is 30.3 Å². The fourth-order valence-electron chi connectivity index (χ4n) is 2.07. The van der Waals surface area contributed by atoms with Gasteiger partial charge in [-0.05, 0) is 41.8 Å². The van der Waals surface area contributed by atoms with Crippen molar-refractivity contribution in [2.45, 2.75) is 0 Å². The highest BCUT2D eigenvalue weighted by atomic mass is 79.9. The Hall–Kier alpha value is -1.84. The van der Waals surface area contributed by atoms with Gasteiger partial charge in [-0.1, -0.05) is 51.8 Å². The average molecular weight is 362 g/mol. The Labute approximate surface area is 135 Å². The van der Waals surface area contributed by atoms with Crippen LogP contribution in [-0.4, -0.2) is 5.97 Å². The topological polar surface area (TPSA) is 26.3 Å². The van der Waals surface area contributed by atoms with Crippen LogP contribution in [0.1, 0.15) is 10.4 Å². The first-order valence-corrected chi connectivity index (χ1v) is 7.47. The molecule has 3 rings (SSSR count). The molecule has 0 aliphatic carbocycles. The van der Waals surface area contributed by atoms with Crippen molar-refractivity contribution >= 4 is 44.3 Å². The molecule has 104 valence electrons. The van der Waals surface area contributed by atoms with Crippen LogP contribution in [0.25, 0.3) is 10.8 Å². The van der Waals surface area contributed by atoms with E-state index < -0.39 is 5.97 Å². The zero-order chi connectivity index (χ0) is 14.8. The van der Waals surface area contributed by atoms with Gasteiger partial charge in [0.2, 0.25) is 0 Å². The van der Waals surface area contributed by atoms with Gasteiger partial charge in [0.1, 0.15) is 5.75 Å². The molecule has 3 aromatic rings. The summed E-state index contributed by atoms with van der Waals surface area (Å²) in [6, 6.07) is 18.0. The fourth-order valence-corrected chi connectivity index (χ4v) is 2.67. The number of carbonyl (C=O) groups is 1. The summed E-state index contributed by atoms with van der Waals surface area (Å²) >= 11 is 9.31. The zero-order valence-electron chi connectivity index (χ0n) is 10.8. The van der Waals surface area contributed by atoms with E-state index in [1.165, 1.54) is 0 Å². The van der Waals surface area contributed by atoms with Crippen molar-refractivity contribution in [1.82, 2.24) is 0 Å². The Kier molecular flexibility index (Phi) is 3.95. The van der Waals surface area contributed by atoms with E-state index in [1.54, 1.807) is 30.3 Å². The van der Waals surface area contributed by atoms with E-state index in [0.717, 1.165) is 15.2 Å². The predicted octanol–water partition coefficient (Wildman–Crippen LogP) is 5.47. The van der Waals surface area contributed by atoms with Gasteiger partial charge in [-0.15, -0.1) is 0 Å². The summed E-state index contributed by atoms with van der Waals surface area (Å²) in [7, 11) is 0. The molecule has 0 atom stereocenters. The fraction of sp³-hybridized carbons (Fsp3) is 0. The summed E-state index contributed by atoms with van der Waals surface area (Å²) in [5.41, 5.74) is 0.464. The number of ether oxygens (including phenoxy) is 1. The van der Waals surface area contributed by atoms with Gasteiger partial charge in [0.15, 0.2) is 0 Å². The van der Waals surface area contributed by atoms with Crippen molar-refractivity contribution in [1.29, 1.82) is 0 Å². The SMILES string of the molecule is O=C(Oc1ccc(Br)c2ccccc12)c1ccc(Cl)cc1. The smallest absolute Gasteiger partial charge is 0.343 e. The standard InChI is InChI=1S/C17H10BrClO2/c18-15-9-10-16(14-4-2-1-3-13(14)15)21-17(20)11-5-7-12(19)8-6-11/h1-10H. The molecule has 4 heteroatoms. The molecule has 0 spiro atoms. The third kappa shape index (κ3) is 2.94. The van der Waals surface area contributed by atoms with E-state index in [2.05, 4.69) is 15.9 Å². The number of halogens is 2. The Morgan fingerprint density at radius 2 is 1.57 bits per heavy atom. The quantitative estimate of drug-likeness (QED) is 0.446. The van der Waals surface area contributed by atoms with Crippen molar-refractivity contribution in [2.24, 2.45) is 0 Å². The minimum absolute atomic E-state index is 0.404. The van der Waals surface area contributed by atoms with Gasteiger partial charge >= 0.3 is 5.97 Å². The summed E-state index contributed by atoms with van der Waals surface area (Å²) < 4.78 is 6.47. The van der Waals surface area contributed by atoms with Crippen molar-refractivity contribution in [3.63, 3.8) is 0 Å². The minimum atomic E-state index is -0.404. The molecule has 0 unspecified atom stereocenters. The molecule has 0 N–H and O–H groups in total. The van der Waals surface area contributed by atoms with Crippen molar-refractivity contribution < 1.29 is 9.53 Å². The number of fused-ring (bicyclic) bond motifs is 1. The number of benzene rings is 3. The maximum Gasteiger partial charge on any atom is 0.343 e. The van der Waals surface area contributed by atoms with Crippen LogP contribution in [0.3, 0.4) is 0 Å². The molecule has 0 saturated heterocycles. The number of hydrogen-bond acceptors (Lipinski definition) is 2. The number of carbonyl (C=O) groups excluding carboxylic acids is 1. The first-order chi connectivity index (χ1) is 10.1. The number of esters is 1. The van der Waals surface area contributed by atoms with E-state index in [9.17, 15) is 4.79 Å². The monoisotopic (exact) mass is 360 g/mol. The van der Waals surface area contributed by atoms with E-state index >= 15 is 0 Å². The normalized spacial score (nSPS) is 10.6. The molecule has 0 saturated carbocycles. The second-order valence-corrected chi connectivity index (χ2v) is 5.78. The van der Waals surface area contributed by atoms with Gasteiger partial charge in [-0.3, -0.25) is 0 Å². The Morgan fingerprint density at radius 3 is 2.29 bits per heavy atom.